The zero-order valence-electron chi connectivity index (χ0n) is 13.3. The molecule has 0 bridgehead atoms. The molecule has 5 heteroatoms. The molecule has 0 N–H and O–H groups in total. The van der Waals surface area contributed by atoms with Crippen LogP contribution in [0.25, 0.3) is 10.9 Å². The molecule has 0 radical (unpaired) electrons. The Morgan fingerprint density at radius 2 is 1.95 bits per heavy atom. The molecule has 1 fully saturated rings. The van der Waals surface area contributed by atoms with Crippen molar-refractivity contribution in [3.8, 4) is 0 Å². The van der Waals surface area contributed by atoms with Crippen LogP contribution in [-0.4, -0.2) is 33.7 Å². The lowest BCUT2D eigenvalue weighted by Gasteiger charge is -2.29. The summed E-state index contributed by atoms with van der Waals surface area (Å²) in [6, 6.07) is 5.64. The predicted octanol–water partition coefficient (Wildman–Crippen LogP) is 2.11. The number of carbonyl (C=O) groups is 1. The fraction of sp³-hybridized carbons (Fsp3) is 0.471. The molecule has 116 valence electrons. The van der Waals surface area contributed by atoms with Crippen LogP contribution < -0.4 is 5.43 Å². The van der Waals surface area contributed by atoms with Gasteiger partial charge in [-0.1, -0.05) is 18.6 Å². The van der Waals surface area contributed by atoms with E-state index in [1.807, 2.05) is 25.1 Å². The zero-order valence-corrected chi connectivity index (χ0v) is 13.3. The van der Waals surface area contributed by atoms with Gasteiger partial charge in [-0.15, -0.1) is 0 Å². The molecular weight excluding hydrogens is 278 g/mol. The van der Waals surface area contributed by atoms with Crippen molar-refractivity contribution in [3.05, 3.63) is 39.7 Å². The molecular formula is C17H21N3O2. The summed E-state index contributed by atoms with van der Waals surface area (Å²) in [5.41, 5.74) is 1.52. The second kappa shape index (κ2) is 5.55. The van der Waals surface area contributed by atoms with Crippen molar-refractivity contribution in [1.29, 1.82) is 0 Å². The summed E-state index contributed by atoms with van der Waals surface area (Å²) in [5, 5.41) is 4.80. The number of aryl methyl sites for hydroxylation is 2. The third-order valence-corrected chi connectivity index (χ3v) is 4.48. The number of likely N-dealkylation sites (tertiary alicyclic amines) is 1. The Kier molecular flexibility index (Phi) is 3.72. The smallest absolute Gasteiger partial charge is 0.278 e. The Hall–Kier alpha value is -2.17. The molecule has 5 nitrogen and oxygen atoms in total. The van der Waals surface area contributed by atoms with Gasteiger partial charge in [0, 0.05) is 20.1 Å². The van der Waals surface area contributed by atoms with Gasteiger partial charge >= 0.3 is 0 Å². The van der Waals surface area contributed by atoms with E-state index in [1.54, 1.807) is 16.6 Å². The molecule has 0 spiro atoms. The van der Waals surface area contributed by atoms with Crippen LogP contribution in [-0.2, 0) is 7.05 Å². The SMILES string of the molecule is Cc1ccc2c(c1)c(=O)c(C(=O)N1CCC(C)CC1)nn2C. The highest BCUT2D eigenvalue weighted by Crippen LogP contribution is 2.18. The molecule has 0 atom stereocenters. The lowest BCUT2D eigenvalue weighted by atomic mass is 9.99. The number of nitrogens with zero attached hydrogens (tertiary/aromatic N) is 3. The molecule has 2 heterocycles. The van der Waals surface area contributed by atoms with E-state index in [4.69, 9.17) is 0 Å². The van der Waals surface area contributed by atoms with Gasteiger partial charge in [0.05, 0.1) is 10.9 Å². The fourth-order valence-electron chi connectivity index (χ4n) is 2.99. The molecule has 1 aromatic heterocycles. The summed E-state index contributed by atoms with van der Waals surface area (Å²) < 4.78 is 1.62. The topological polar surface area (TPSA) is 55.2 Å². The third-order valence-electron chi connectivity index (χ3n) is 4.48. The quantitative estimate of drug-likeness (QED) is 0.810. The fourth-order valence-corrected chi connectivity index (χ4v) is 2.99. The van der Waals surface area contributed by atoms with Gasteiger partial charge in [-0.2, -0.15) is 5.10 Å². The van der Waals surface area contributed by atoms with E-state index < -0.39 is 0 Å². The van der Waals surface area contributed by atoms with Gasteiger partial charge in [-0.3, -0.25) is 14.3 Å². The van der Waals surface area contributed by atoms with Crippen molar-refractivity contribution < 1.29 is 4.79 Å². The highest BCUT2D eigenvalue weighted by Gasteiger charge is 2.25. The highest BCUT2D eigenvalue weighted by atomic mass is 16.2. The van der Waals surface area contributed by atoms with Gasteiger partial charge in [0.2, 0.25) is 5.43 Å². The number of aromatic nitrogens is 2. The first-order valence-electron chi connectivity index (χ1n) is 7.74. The van der Waals surface area contributed by atoms with Gasteiger partial charge in [0.25, 0.3) is 5.91 Å². The predicted molar refractivity (Wildman–Crippen MR) is 86.0 cm³/mol. The molecule has 3 rings (SSSR count). The first-order valence-corrected chi connectivity index (χ1v) is 7.74. The Labute approximate surface area is 129 Å². The van der Waals surface area contributed by atoms with Gasteiger partial charge < -0.3 is 4.90 Å². The van der Waals surface area contributed by atoms with Gasteiger partial charge in [-0.05, 0) is 37.8 Å². The zero-order chi connectivity index (χ0) is 15.9. The minimum Gasteiger partial charge on any atom is -0.337 e. The summed E-state index contributed by atoms with van der Waals surface area (Å²) >= 11 is 0. The number of benzene rings is 1. The lowest BCUT2D eigenvalue weighted by molar-refractivity contribution is 0.0688. The number of rotatable bonds is 1. The number of piperidine rings is 1. The van der Waals surface area contributed by atoms with Crippen molar-refractivity contribution >= 4 is 16.8 Å². The van der Waals surface area contributed by atoms with Gasteiger partial charge in [0.15, 0.2) is 5.69 Å². The average molecular weight is 299 g/mol. The van der Waals surface area contributed by atoms with E-state index in [9.17, 15) is 9.59 Å². The van der Waals surface area contributed by atoms with Crippen molar-refractivity contribution in [2.45, 2.75) is 26.7 Å². The first kappa shape index (κ1) is 14.8. The Morgan fingerprint density at radius 3 is 2.64 bits per heavy atom. The van der Waals surface area contributed by atoms with Crippen LogP contribution in [0.3, 0.4) is 0 Å². The second-order valence-electron chi connectivity index (χ2n) is 6.30. The normalized spacial score (nSPS) is 16.2. The summed E-state index contributed by atoms with van der Waals surface area (Å²) in [6.07, 6.45) is 1.97. The lowest BCUT2D eigenvalue weighted by Crippen LogP contribution is -2.41. The van der Waals surface area contributed by atoms with Crippen LogP contribution in [0.5, 0.6) is 0 Å². The van der Waals surface area contributed by atoms with Crippen LogP contribution in [0.1, 0.15) is 35.8 Å². The number of hydrogen-bond donors (Lipinski definition) is 0. The van der Waals surface area contributed by atoms with Crippen LogP contribution in [0.2, 0.25) is 0 Å². The Morgan fingerprint density at radius 1 is 1.27 bits per heavy atom. The third kappa shape index (κ3) is 2.51. The minimum atomic E-state index is -0.263. The molecule has 1 amide bonds. The maximum Gasteiger partial charge on any atom is 0.278 e. The van der Waals surface area contributed by atoms with Gasteiger partial charge in [-0.25, -0.2) is 0 Å². The summed E-state index contributed by atoms with van der Waals surface area (Å²) in [5.74, 6) is 0.398. The van der Waals surface area contributed by atoms with Crippen LogP contribution >= 0.6 is 0 Å². The van der Waals surface area contributed by atoms with Crippen LogP contribution in [0.15, 0.2) is 23.0 Å². The maximum atomic E-state index is 12.7. The second-order valence-corrected chi connectivity index (χ2v) is 6.30. The summed E-state index contributed by atoms with van der Waals surface area (Å²) in [7, 11) is 1.77. The summed E-state index contributed by atoms with van der Waals surface area (Å²) in [6.45, 7) is 5.54. The summed E-state index contributed by atoms with van der Waals surface area (Å²) in [4.78, 5) is 27.1. The molecule has 0 unspecified atom stereocenters. The van der Waals surface area contributed by atoms with E-state index in [0.29, 0.717) is 24.4 Å². The number of hydrogen-bond acceptors (Lipinski definition) is 3. The van der Waals surface area contributed by atoms with Crippen molar-refractivity contribution in [3.63, 3.8) is 0 Å². The Bertz CT molecular complexity index is 786. The molecule has 1 saturated heterocycles. The van der Waals surface area contributed by atoms with E-state index in [-0.39, 0.29) is 17.0 Å². The van der Waals surface area contributed by atoms with Crippen molar-refractivity contribution in [2.75, 3.05) is 13.1 Å². The number of fused-ring (bicyclic) bond motifs is 1. The van der Waals surface area contributed by atoms with E-state index in [0.717, 1.165) is 23.9 Å². The maximum absolute atomic E-state index is 12.7. The van der Waals surface area contributed by atoms with E-state index >= 15 is 0 Å². The van der Waals surface area contributed by atoms with Gasteiger partial charge in [0.1, 0.15) is 0 Å². The Balaban J connectivity index is 2.05. The highest BCUT2D eigenvalue weighted by molar-refractivity contribution is 5.95. The molecule has 1 aromatic carbocycles. The van der Waals surface area contributed by atoms with Crippen molar-refractivity contribution in [1.82, 2.24) is 14.7 Å². The molecule has 2 aromatic rings. The van der Waals surface area contributed by atoms with E-state index in [2.05, 4.69) is 12.0 Å². The molecule has 1 aliphatic rings. The standard InChI is InChI=1S/C17H21N3O2/c1-11-6-8-20(9-7-11)17(22)15-16(21)13-10-12(2)4-5-14(13)19(3)18-15/h4-5,10-11H,6-9H2,1-3H3. The van der Waals surface area contributed by atoms with Crippen molar-refractivity contribution in [2.24, 2.45) is 13.0 Å². The van der Waals surface area contributed by atoms with Crippen LogP contribution in [0.4, 0.5) is 0 Å². The monoisotopic (exact) mass is 299 g/mol. The number of carbonyl (C=O) groups excluding carboxylic acids is 1. The minimum absolute atomic E-state index is 0.0372. The van der Waals surface area contributed by atoms with E-state index in [1.165, 1.54) is 0 Å². The molecule has 22 heavy (non-hydrogen) atoms. The largest absolute Gasteiger partial charge is 0.337 e. The molecule has 0 aliphatic carbocycles. The average Bonchev–Trinajstić information content (AvgIpc) is 2.51. The molecule has 1 aliphatic heterocycles. The molecule has 0 saturated carbocycles. The number of amides is 1. The first-order chi connectivity index (χ1) is 10.5. The van der Waals surface area contributed by atoms with Crippen LogP contribution in [0, 0.1) is 12.8 Å².